The molecule has 1 aliphatic rings. The van der Waals surface area contributed by atoms with Gasteiger partial charge in [0, 0.05) is 11.5 Å². The van der Waals surface area contributed by atoms with E-state index in [-0.39, 0.29) is 0 Å². The zero-order chi connectivity index (χ0) is 13.7. The Morgan fingerprint density at radius 3 is 2.26 bits per heavy atom. The van der Waals surface area contributed by atoms with Crippen LogP contribution in [0.4, 0.5) is 0 Å². The van der Waals surface area contributed by atoms with Gasteiger partial charge in [0.2, 0.25) is 0 Å². The number of nitrogens with one attached hydrogen (secondary N) is 1. The summed E-state index contributed by atoms with van der Waals surface area (Å²) in [5.74, 6) is 0.734. The minimum absolute atomic E-state index is 0.368. The normalized spacial score (nSPS) is 21.2. The third-order valence-electron chi connectivity index (χ3n) is 5.08. The van der Waals surface area contributed by atoms with Crippen LogP contribution in [0.25, 0.3) is 0 Å². The number of hydrogen-bond acceptors (Lipinski definition) is 1. The van der Waals surface area contributed by atoms with Crippen molar-refractivity contribution in [2.75, 3.05) is 6.54 Å². The Morgan fingerprint density at radius 1 is 1.11 bits per heavy atom. The van der Waals surface area contributed by atoms with Gasteiger partial charge in [-0.15, -0.1) is 0 Å². The van der Waals surface area contributed by atoms with Gasteiger partial charge in [-0.2, -0.15) is 0 Å². The Morgan fingerprint density at radius 2 is 1.74 bits per heavy atom. The van der Waals surface area contributed by atoms with Gasteiger partial charge in [0.1, 0.15) is 0 Å². The molecule has 0 aliphatic heterocycles. The molecule has 1 fully saturated rings. The maximum atomic E-state index is 3.81. The number of likely N-dealkylation sites (N-methyl/N-ethyl adjacent to an activating group) is 1. The molecule has 0 spiro atoms. The second kappa shape index (κ2) is 6.56. The van der Waals surface area contributed by atoms with Crippen molar-refractivity contribution in [1.29, 1.82) is 0 Å². The summed E-state index contributed by atoms with van der Waals surface area (Å²) in [6, 6.07) is 11.9. The minimum atomic E-state index is 0.368. The first-order valence-corrected chi connectivity index (χ1v) is 8.03. The Bertz CT molecular complexity index is 365. The summed E-state index contributed by atoms with van der Waals surface area (Å²) in [5.41, 5.74) is 1.92. The van der Waals surface area contributed by atoms with Crippen molar-refractivity contribution in [1.82, 2.24) is 5.32 Å². The SMILES string of the molecule is CCNC(C(C)CC)C1(c2ccccc2)CCCC1. The standard InChI is InChI=1S/C18H29N/c1-4-15(3)17(19-5-2)18(13-9-10-14-18)16-11-7-6-8-12-16/h6-8,11-12,15,17,19H,4-5,9-10,13-14H2,1-3H3. The van der Waals surface area contributed by atoms with E-state index < -0.39 is 0 Å². The highest BCUT2D eigenvalue weighted by Gasteiger charge is 2.43. The molecule has 106 valence electrons. The quantitative estimate of drug-likeness (QED) is 0.792. The second-order valence-electron chi connectivity index (χ2n) is 6.15. The molecule has 0 radical (unpaired) electrons. The lowest BCUT2D eigenvalue weighted by atomic mass is 9.68. The van der Waals surface area contributed by atoms with Crippen LogP contribution in [0.2, 0.25) is 0 Å². The van der Waals surface area contributed by atoms with Gasteiger partial charge >= 0.3 is 0 Å². The molecule has 1 aliphatic carbocycles. The average Bonchev–Trinajstić information content (AvgIpc) is 2.95. The van der Waals surface area contributed by atoms with Crippen LogP contribution in [0.15, 0.2) is 30.3 Å². The van der Waals surface area contributed by atoms with Gasteiger partial charge in [-0.05, 0) is 30.9 Å². The van der Waals surface area contributed by atoms with Crippen molar-refractivity contribution in [3.63, 3.8) is 0 Å². The summed E-state index contributed by atoms with van der Waals surface area (Å²) < 4.78 is 0. The predicted octanol–water partition coefficient (Wildman–Crippen LogP) is 4.52. The molecular formula is C18H29N. The first-order valence-electron chi connectivity index (χ1n) is 8.03. The molecule has 1 aromatic rings. The minimum Gasteiger partial charge on any atom is -0.313 e. The van der Waals surface area contributed by atoms with Crippen LogP contribution < -0.4 is 5.32 Å². The number of rotatable bonds is 6. The fourth-order valence-electron chi connectivity index (χ4n) is 3.95. The number of hydrogen-bond donors (Lipinski definition) is 1. The molecule has 2 atom stereocenters. The fraction of sp³-hybridized carbons (Fsp3) is 0.667. The van der Waals surface area contributed by atoms with Crippen LogP contribution in [-0.2, 0) is 5.41 Å². The van der Waals surface area contributed by atoms with E-state index in [1.807, 2.05) is 0 Å². The van der Waals surface area contributed by atoms with E-state index in [0.29, 0.717) is 11.5 Å². The zero-order valence-electron chi connectivity index (χ0n) is 12.8. The van der Waals surface area contributed by atoms with Crippen molar-refractivity contribution in [3.05, 3.63) is 35.9 Å². The van der Waals surface area contributed by atoms with Crippen LogP contribution >= 0.6 is 0 Å². The van der Waals surface area contributed by atoms with Crippen molar-refractivity contribution in [2.45, 2.75) is 64.3 Å². The summed E-state index contributed by atoms with van der Waals surface area (Å²) in [6.45, 7) is 8.05. The van der Waals surface area contributed by atoms with Gasteiger partial charge < -0.3 is 5.32 Å². The van der Waals surface area contributed by atoms with Crippen LogP contribution in [0.3, 0.4) is 0 Å². The first kappa shape index (κ1) is 14.6. The molecular weight excluding hydrogens is 230 g/mol. The Labute approximate surface area is 118 Å². The second-order valence-corrected chi connectivity index (χ2v) is 6.15. The van der Waals surface area contributed by atoms with E-state index in [0.717, 1.165) is 12.5 Å². The molecule has 1 nitrogen and oxygen atoms in total. The molecule has 2 unspecified atom stereocenters. The maximum Gasteiger partial charge on any atom is 0.0189 e. The lowest BCUT2D eigenvalue weighted by molar-refractivity contribution is 0.224. The van der Waals surface area contributed by atoms with Gasteiger partial charge in [0.05, 0.1) is 0 Å². The zero-order valence-corrected chi connectivity index (χ0v) is 12.8. The summed E-state index contributed by atoms with van der Waals surface area (Å²) in [4.78, 5) is 0. The summed E-state index contributed by atoms with van der Waals surface area (Å²) in [5, 5.41) is 3.81. The van der Waals surface area contributed by atoms with E-state index in [1.54, 1.807) is 5.56 Å². The largest absolute Gasteiger partial charge is 0.313 e. The molecule has 1 heteroatoms. The molecule has 1 aromatic carbocycles. The highest BCUT2D eigenvalue weighted by molar-refractivity contribution is 5.29. The van der Waals surface area contributed by atoms with Crippen LogP contribution in [-0.4, -0.2) is 12.6 Å². The molecule has 0 heterocycles. The van der Waals surface area contributed by atoms with Crippen molar-refractivity contribution in [2.24, 2.45) is 5.92 Å². The molecule has 19 heavy (non-hydrogen) atoms. The Kier molecular flexibility index (Phi) is 5.04. The molecule has 0 aromatic heterocycles. The van der Waals surface area contributed by atoms with Crippen LogP contribution in [0.1, 0.15) is 58.4 Å². The summed E-state index contributed by atoms with van der Waals surface area (Å²) >= 11 is 0. The van der Waals surface area contributed by atoms with Crippen molar-refractivity contribution < 1.29 is 0 Å². The molecule has 0 saturated heterocycles. The molecule has 1 N–H and O–H groups in total. The van der Waals surface area contributed by atoms with Gasteiger partial charge in [-0.25, -0.2) is 0 Å². The number of benzene rings is 1. The topological polar surface area (TPSA) is 12.0 Å². The van der Waals surface area contributed by atoms with E-state index >= 15 is 0 Å². The van der Waals surface area contributed by atoms with E-state index in [9.17, 15) is 0 Å². The third-order valence-corrected chi connectivity index (χ3v) is 5.08. The summed E-state index contributed by atoms with van der Waals surface area (Å²) in [7, 11) is 0. The Hall–Kier alpha value is -0.820. The monoisotopic (exact) mass is 259 g/mol. The molecule has 1 saturated carbocycles. The first-order chi connectivity index (χ1) is 9.24. The third kappa shape index (κ3) is 2.86. The maximum absolute atomic E-state index is 3.81. The van der Waals surface area contributed by atoms with Crippen LogP contribution in [0.5, 0.6) is 0 Å². The van der Waals surface area contributed by atoms with E-state index in [2.05, 4.69) is 56.4 Å². The van der Waals surface area contributed by atoms with Gasteiger partial charge in [0.25, 0.3) is 0 Å². The van der Waals surface area contributed by atoms with Gasteiger partial charge in [-0.1, -0.05) is 70.4 Å². The predicted molar refractivity (Wildman–Crippen MR) is 83.5 cm³/mol. The van der Waals surface area contributed by atoms with E-state index in [4.69, 9.17) is 0 Å². The van der Waals surface area contributed by atoms with Crippen molar-refractivity contribution >= 4 is 0 Å². The summed E-state index contributed by atoms with van der Waals surface area (Å²) in [6.07, 6.45) is 6.71. The lowest BCUT2D eigenvalue weighted by Crippen LogP contribution is -2.50. The van der Waals surface area contributed by atoms with E-state index in [1.165, 1.54) is 32.1 Å². The molecule has 0 amide bonds. The van der Waals surface area contributed by atoms with Gasteiger partial charge in [-0.3, -0.25) is 0 Å². The van der Waals surface area contributed by atoms with Gasteiger partial charge in [0.15, 0.2) is 0 Å². The average molecular weight is 259 g/mol. The fourth-order valence-corrected chi connectivity index (χ4v) is 3.95. The lowest BCUT2D eigenvalue weighted by Gasteiger charge is -2.42. The smallest absolute Gasteiger partial charge is 0.0189 e. The highest BCUT2D eigenvalue weighted by Crippen LogP contribution is 2.46. The van der Waals surface area contributed by atoms with Crippen LogP contribution in [0, 0.1) is 5.92 Å². The highest BCUT2D eigenvalue weighted by atomic mass is 14.9. The molecule has 2 rings (SSSR count). The molecule has 0 bridgehead atoms. The Balaban J connectivity index is 2.37. The van der Waals surface area contributed by atoms with Crippen molar-refractivity contribution in [3.8, 4) is 0 Å².